The summed E-state index contributed by atoms with van der Waals surface area (Å²) in [6.45, 7) is 1.86. The lowest BCUT2D eigenvalue weighted by Gasteiger charge is -2.03. The summed E-state index contributed by atoms with van der Waals surface area (Å²) in [4.78, 5) is 28.3. The van der Waals surface area contributed by atoms with E-state index >= 15 is 0 Å². The molecule has 0 aliphatic heterocycles. The molecule has 12 heteroatoms. The minimum absolute atomic E-state index is 0.157. The van der Waals surface area contributed by atoms with Crippen LogP contribution in [-0.4, -0.2) is 32.7 Å². The Morgan fingerprint density at radius 3 is 2.70 bits per heavy atom. The van der Waals surface area contributed by atoms with Gasteiger partial charge in [-0.1, -0.05) is 46.3 Å². The van der Waals surface area contributed by atoms with Gasteiger partial charge in [0.15, 0.2) is 9.47 Å². The Kier molecular flexibility index (Phi) is 6.66. The van der Waals surface area contributed by atoms with Crippen LogP contribution in [0.4, 0.5) is 10.3 Å². The van der Waals surface area contributed by atoms with Crippen LogP contribution in [0.25, 0.3) is 0 Å². The third-order valence-corrected chi connectivity index (χ3v) is 6.39. The predicted molar refractivity (Wildman–Crippen MR) is 111 cm³/mol. The normalized spacial score (nSPS) is 10.6. The molecule has 2 heterocycles. The Hall–Kier alpha value is -1.72. The fourth-order valence-electron chi connectivity index (χ4n) is 1.85. The number of nitrogens with one attached hydrogen (secondary N) is 2. The Balaban J connectivity index is 1.53. The van der Waals surface area contributed by atoms with Crippen molar-refractivity contribution in [3.63, 3.8) is 0 Å². The number of carbonyl (C=O) groups excluding carboxylic acids is 2. The van der Waals surface area contributed by atoms with E-state index in [1.165, 1.54) is 35.2 Å². The second-order valence-electron chi connectivity index (χ2n) is 5.08. The van der Waals surface area contributed by atoms with Crippen LogP contribution in [0.15, 0.2) is 27.9 Å². The Morgan fingerprint density at radius 1 is 1.19 bits per heavy atom. The van der Waals surface area contributed by atoms with E-state index in [1.54, 1.807) is 6.07 Å². The summed E-state index contributed by atoms with van der Waals surface area (Å²) in [7, 11) is 0. The fraction of sp³-hybridized carbons (Fsp3) is 0.133. The van der Waals surface area contributed by atoms with Crippen molar-refractivity contribution in [3.8, 4) is 0 Å². The molecule has 0 saturated heterocycles. The zero-order chi connectivity index (χ0) is 19.4. The molecular weight excluding hydrogens is 449 g/mol. The van der Waals surface area contributed by atoms with E-state index < -0.39 is 5.91 Å². The molecule has 7 nitrogen and oxygen atoms in total. The first-order valence-electron chi connectivity index (χ1n) is 7.35. The molecule has 0 atom stereocenters. The van der Waals surface area contributed by atoms with Gasteiger partial charge in [0.05, 0.1) is 22.0 Å². The highest BCUT2D eigenvalue weighted by atomic mass is 35.5. The van der Waals surface area contributed by atoms with E-state index in [0.29, 0.717) is 19.6 Å². The number of anilines is 2. The lowest BCUT2D eigenvalue weighted by atomic mass is 10.2. The highest BCUT2D eigenvalue weighted by molar-refractivity contribution is 8.01. The zero-order valence-electron chi connectivity index (χ0n) is 13.7. The Labute approximate surface area is 176 Å². The molecule has 2 aromatic heterocycles. The van der Waals surface area contributed by atoms with Crippen LogP contribution in [0.1, 0.15) is 16.1 Å². The lowest BCUT2D eigenvalue weighted by Crippen LogP contribution is -2.13. The molecule has 3 rings (SSSR count). The molecule has 0 saturated carbocycles. The quantitative estimate of drug-likeness (QED) is 0.413. The van der Waals surface area contributed by atoms with E-state index in [0.717, 1.165) is 17.0 Å². The maximum atomic E-state index is 12.3. The van der Waals surface area contributed by atoms with Crippen molar-refractivity contribution in [1.29, 1.82) is 0 Å². The molecule has 2 amide bonds. The van der Waals surface area contributed by atoms with Crippen LogP contribution in [-0.2, 0) is 4.79 Å². The number of hydrogen-bond donors (Lipinski definition) is 2. The molecular formula is C15H11Cl2N5O2S3. The Morgan fingerprint density at radius 2 is 2.00 bits per heavy atom. The number of thiazole rings is 1. The average molecular weight is 460 g/mol. The van der Waals surface area contributed by atoms with Crippen molar-refractivity contribution in [2.24, 2.45) is 0 Å². The van der Waals surface area contributed by atoms with E-state index in [-0.39, 0.29) is 22.2 Å². The van der Waals surface area contributed by atoms with E-state index in [4.69, 9.17) is 23.2 Å². The molecule has 0 aliphatic rings. The number of amides is 2. The molecule has 140 valence electrons. The molecule has 0 unspecified atom stereocenters. The number of aromatic nitrogens is 3. The number of aryl methyl sites for hydroxylation is 1. The van der Waals surface area contributed by atoms with Gasteiger partial charge >= 0.3 is 0 Å². The summed E-state index contributed by atoms with van der Waals surface area (Å²) in [6.07, 6.45) is 0. The number of benzene rings is 1. The van der Waals surface area contributed by atoms with Crippen molar-refractivity contribution in [2.75, 3.05) is 16.4 Å². The lowest BCUT2D eigenvalue weighted by molar-refractivity contribution is -0.113. The third kappa shape index (κ3) is 5.63. The largest absolute Gasteiger partial charge is 0.301 e. The van der Waals surface area contributed by atoms with Gasteiger partial charge in [0, 0.05) is 10.4 Å². The van der Waals surface area contributed by atoms with E-state index in [2.05, 4.69) is 25.8 Å². The van der Waals surface area contributed by atoms with Crippen LogP contribution in [0.2, 0.25) is 10.0 Å². The smallest absolute Gasteiger partial charge is 0.259 e. The van der Waals surface area contributed by atoms with Gasteiger partial charge in [-0.2, -0.15) is 0 Å². The molecule has 0 bridgehead atoms. The fourth-order valence-corrected chi connectivity index (χ4v) is 4.60. The summed E-state index contributed by atoms with van der Waals surface area (Å²) in [5.41, 5.74) is 1.14. The highest BCUT2D eigenvalue weighted by Gasteiger charge is 2.15. The molecule has 27 heavy (non-hydrogen) atoms. The van der Waals surface area contributed by atoms with Gasteiger partial charge in [-0.25, -0.2) is 4.98 Å². The predicted octanol–water partition coefficient (Wildman–Crippen LogP) is 4.59. The molecule has 1 aromatic carbocycles. The number of nitrogens with zero attached hydrogens (tertiary/aromatic N) is 3. The van der Waals surface area contributed by atoms with Crippen LogP contribution in [0.5, 0.6) is 0 Å². The summed E-state index contributed by atoms with van der Waals surface area (Å²) in [5, 5.41) is 16.6. The third-order valence-electron chi connectivity index (χ3n) is 2.99. The molecule has 2 N–H and O–H groups in total. The first kappa shape index (κ1) is 20.0. The van der Waals surface area contributed by atoms with Crippen LogP contribution < -0.4 is 10.6 Å². The Bertz CT molecular complexity index is 992. The van der Waals surface area contributed by atoms with Crippen LogP contribution in [0, 0.1) is 6.92 Å². The van der Waals surface area contributed by atoms with Crippen LogP contribution in [0.3, 0.4) is 0 Å². The van der Waals surface area contributed by atoms with Gasteiger partial charge in [0.1, 0.15) is 0 Å². The number of carbonyl (C=O) groups is 2. The molecule has 0 radical (unpaired) electrons. The van der Waals surface area contributed by atoms with Gasteiger partial charge in [0.2, 0.25) is 11.0 Å². The molecule has 3 aromatic rings. The van der Waals surface area contributed by atoms with E-state index in [9.17, 15) is 9.59 Å². The minimum Gasteiger partial charge on any atom is -0.301 e. The number of rotatable bonds is 6. The summed E-state index contributed by atoms with van der Waals surface area (Å²) >= 11 is 15.6. The second kappa shape index (κ2) is 8.98. The number of hydrogen-bond acceptors (Lipinski definition) is 8. The van der Waals surface area contributed by atoms with Crippen molar-refractivity contribution in [1.82, 2.24) is 15.2 Å². The van der Waals surface area contributed by atoms with Crippen molar-refractivity contribution in [2.45, 2.75) is 11.3 Å². The molecule has 0 fully saturated rings. The standard InChI is InChI=1S/C15H11Cl2N5O2S3/c1-7-5-25-13(18-7)19-11(23)6-26-15-22-21-14(27-15)20-12(24)9-3-2-8(16)4-10(9)17/h2-5H,6H2,1H3,(H,18,19,23)(H,20,21,24). The summed E-state index contributed by atoms with van der Waals surface area (Å²) in [6, 6.07) is 4.59. The topological polar surface area (TPSA) is 96.9 Å². The number of thioether (sulfide) groups is 1. The summed E-state index contributed by atoms with van der Waals surface area (Å²) in [5.74, 6) is -0.450. The minimum atomic E-state index is -0.416. The average Bonchev–Trinajstić information content (AvgIpc) is 3.21. The first-order valence-corrected chi connectivity index (χ1v) is 10.8. The van der Waals surface area contributed by atoms with Gasteiger partial charge in [-0.3, -0.25) is 14.9 Å². The van der Waals surface area contributed by atoms with Gasteiger partial charge in [0.25, 0.3) is 5.91 Å². The van der Waals surface area contributed by atoms with Crippen LogP contribution >= 0.6 is 57.6 Å². The van der Waals surface area contributed by atoms with Crippen molar-refractivity contribution >= 4 is 79.7 Å². The van der Waals surface area contributed by atoms with E-state index in [1.807, 2.05) is 12.3 Å². The van der Waals surface area contributed by atoms with Gasteiger partial charge < -0.3 is 5.32 Å². The monoisotopic (exact) mass is 459 g/mol. The van der Waals surface area contributed by atoms with Crippen molar-refractivity contribution in [3.05, 3.63) is 44.9 Å². The maximum absolute atomic E-state index is 12.3. The molecule has 0 aliphatic carbocycles. The maximum Gasteiger partial charge on any atom is 0.259 e. The second-order valence-corrected chi connectivity index (χ2v) is 8.98. The SMILES string of the molecule is Cc1csc(NC(=O)CSc2nnc(NC(=O)c3ccc(Cl)cc3Cl)s2)n1. The highest BCUT2D eigenvalue weighted by Crippen LogP contribution is 2.27. The summed E-state index contributed by atoms with van der Waals surface area (Å²) < 4.78 is 0.554. The first-order chi connectivity index (χ1) is 12.9. The number of halogens is 2. The van der Waals surface area contributed by atoms with Crippen molar-refractivity contribution < 1.29 is 9.59 Å². The molecule has 0 spiro atoms. The van der Waals surface area contributed by atoms with Gasteiger partial charge in [-0.15, -0.1) is 21.5 Å². The zero-order valence-corrected chi connectivity index (χ0v) is 17.6. The van der Waals surface area contributed by atoms with Gasteiger partial charge in [-0.05, 0) is 25.1 Å².